The maximum Gasteiger partial charge on any atom is 0.244 e. The Morgan fingerprint density at radius 2 is 2.06 bits per heavy atom. The minimum absolute atomic E-state index is 0.00441. The van der Waals surface area contributed by atoms with E-state index in [-0.39, 0.29) is 5.91 Å². The highest BCUT2D eigenvalue weighted by Crippen LogP contribution is 2.28. The Bertz CT molecular complexity index is 375. The molecule has 2 rings (SSSR count). The molecule has 0 heterocycles. The standard InChI is InChI=1S/C14H18ClNO/c1-16(10-11-6-5-7-11)14(17)13(15)12-8-3-2-4-9-12/h2-4,8-9,11,13H,5-7,10H2,1H3. The fourth-order valence-electron chi connectivity index (χ4n) is 2.11. The number of amides is 1. The largest absolute Gasteiger partial charge is 0.344 e. The van der Waals surface area contributed by atoms with Gasteiger partial charge in [0.25, 0.3) is 0 Å². The maximum absolute atomic E-state index is 12.1. The molecule has 1 atom stereocenters. The molecular formula is C14H18ClNO. The number of benzene rings is 1. The van der Waals surface area contributed by atoms with Crippen molar-refractivity contribution in [1.29, 1.82) is 0 Å². The van der Waals surface area contributed by atoms with Crippen LogP contribution < -0.4 is 0 Å². The van der Waals surface area contributed by atoms with Gasteiger partial charge in [0.2, 0.25) is 5.91 Å². The van der Waals surface area contributed by atoms with Gasteiger partial charge in [0.1, 0.15) is 5.38 Å². The lowest BCUT2D eigenvalue weighted by atomic mass is 9.85. The number of hydrogen-bond acceptors (Lipinski definition) is 1. The summed E-state index contributed by atoms with van der Waals surface area (Å²) in [7, 11) is 1.85. The summed E-state index contributed by atoms with van der Waals surface area (Å²) < 4.78 is 0. The van der Waals surface area contributed by atoms with Crippen LogP contribution in [0.3, 0.4) is 0 Å². The Balaban J connectivity index is 1.94. The monoisotopic (exact) mass is 251 g/mol. The molecule has 1 fully saturated rings. The minimum atomic E-state index is -0.554. The average Bonchev–Trinajstić information content (AvgIpc) is 2.32. The van der Waals surface area contributed by atoms with Crippen molar-refractivity contribution in [2.75, 3.05) is 13.6 Å². The zero-order valence-electron chi connectivity index (χ0n) is 10.1. The number of carbonyl (C=O) groups excluding carboxylic acids is 1. The predicted octanol–water partition coefficient (Wildman–Crippen LogP) is 3.23. The van der Waals surface area contributed by atoms with E-state index in [2.05, 4.69) is 0 Å². The molecule has 0 spiro atoms. The summed E-state index contributed by atoms with van der Waals surface area (Å²) in [6, 6.07) is 9.53. The lowest BCUT2D eigenvalue weighted by Crippen LogP contribution is -2.36. The van der Waals surface area contributed by atoms with Crippen molar-refractivity contribution in [2.24, 2.45) is 5.92 Å². The average molecular weight is 252 g/mol. The number of rotatable bonds is 4. The first-order valence-electron chi connectivity index (χ1n) is 6.12. The highest BCUT2D eigenvalue weighted by molar-refractivity contribution is 6.30. The summed E-state index contributed by atoms with van der Waals surface area (Å²) in [5, 5.41) is -0.554. The van der Waals surface area contributed by atoms with Crippen LogP contribution in [0.5, 0.6) is 0 Å². The Kier molecular flexibility index (Phi) is 4.06. The van der Waals surface area contributed by atoms with Crippen LogP contribution in [-0.4, -0.2) is 24.4 Å². The van der Waals surface area contributed by atoms with Gasteiger partial charge in [0.05, 0.1) is 0 Å². The van der Waals surface area contributed by atoms with Gasteiger partial charge in [-0.25, -0.2) is 0 Å². The van der Waals surface area contributed by atoms with Crippen LogP contribution >= 0.6 is 11.6 Å². The number of nitrogens with zero attached hydrogens (tertiary/aromatic N) is 1. The van der Waals surface area contributed by atoms with Gasteiger partial charge in [-0.2, -0.15) is 0 Å². The molecule has 0 radical (unpaired) electrons. The predicted molar refractivity (Wildman–Crippen MR) is 70.0 cm³/mol. The maximum atomic E-state index is 12.1. The molecule has 1 aromatic carbocycles. The second-order valence-corrected chi connectivity index (χ2v) is 5.23. The second-order valence-electron chi connectivity index (χ2n) is 4.79. The van der Waals surface area contributed by atoms with Gasteiger partial charge in [-0.15, -0.1) is 11.6 Å². The van der Waals surface area contributed by atoms with E-state index in [0.717, 1.165) is 12.1 Å². The smallest absolute Gasteiger partial charge is 0.244 e. The fraction of sp³-hybridized carbons (Fsp3) is 0.500. The van der Waals surface area contributed by atoms with Gasteiger partial charge in [-0.1, -0.05) is 36.8 Å². The molecule has 1 aromatic rings. The van der Waals surface area contributed by atoms with Gasteiger partial charge in [0, 0.05) is 13.6 Å². The molecule has 0 aromatic heterocycles. The molecule has 2 nitrogen and oxygen atoms in total. The van der Waals surface area contributed by atoms with E-state index in [1.54, 1.807) is 4.90 Å². The summed E-state index contributed by atoms with van der Waals surface area (Å²) in [6.07, 6.45) is 3.79. The Labute approximate surface area is 108 Å². The molecule has 17 heavy (non-hydrogen) atoms. The van der Waals surface area contributed by atoms with Crippen LogP contribution in [0.25, 0.3) is 0 Å². The highest BCUT2D eigenvalue weighted by Gasteiger charge is 2.25. The Hall–Kier alpha value is -1.02. The van der Waals surface area contributed by atoms with Crippen LogP contribution in [0.2, 0.25) is 0 Å². The van der Waals surface area contributed by atoms with Crippen molar-refractivity contribution in [1.82, 2.24) is 4.90 Å². The first-order valence-corrected chi connectivity index (χ1v) is 6.56. The SMILES string of the molecule is CN(CC1CCC1)C(=O)C(Cl)c1ccccc1. The lowest BCUT2D eigenvalue weighted by Gasteiger charge is -2.31. The Morgan fingerprint density at radius 1 is 1.41 bits per heavy atom. The zero-order valence-corrected chi connectivity index (χ0v) is 10.9. The van der Waals surface area contributed by atoms with Gasteiger partial charge in [0.15, 0.2) is 0 Å². The van der Waals surface area contributed by atoms with E-state index in [1.165, 1.54) is 19.3 Å². The quantitative estimate of drug-likeness (QED) is 0.753. The minimum Gasteiger partial charge on any atom is -0.344 e. The van der Waals surface area contributed by atoms with Crippen LogP contribution in [0.1, 0.15) is 30.2 Å². The van der Waals surface area contributed by atoms with Crippen LogP contribution in [0.15, 0.2) is 30.3 Å². The van der Waals surface area contributed by atoms with E-state index in [4.69, 9.17) is 11.6 Å². The lowest BCUT2D eigenvalue weighted by molar-refractivity contribution is -0.130. The van der Waals surface area contributed by atoms with Gasteiger partial charge in [-0.3, -0.25) is 4.79 Å². The van der Waals surface area contributed by atoms with E-state index < -0.39 is 5.38 Å². The fourth-order valence-corrected chi connectivity index (χ4v) is 2.42. The van der Waals surface area contributed by atoms with Crippen LogP contribution in [0.4, 0.5) is 0 Å². The van der Waals surface area contributed by atoms with Gasteiger partial charge < -0.3 is 4.90 Å². The third-order valence-electron chi connectivity index (χ3n) is 3.44. The molecule has 1 saturated carbocycles. The number of carbonyl (C=O) groups is 1. The molecule has 1 amide bonds. The van der Waals surface area contributed by atoms with E-state index >= 15 is 0 Å². The number of likely N-dealkylation sites (N-methyl/N-ethyl adjacent to an activating group) is 1. The van der Waals surface area contributed by atoms with Crippen molar-refractivity contribution >= 4 is 17.5 Å². The van der Waals surface area contributed by atoms with Crippen molar-refractivity contribution in [3.05, 3.63) is 35.9 Å². The molecule has 0 aliphatic heterocycles. The molecule has 1 unspecified atom stereocenters. The summed E-state index contributed by atoms with van der Waals surface area (Å²) in [5.74, 6) is 0.688. The van der Waals surface area contributed by atoms with Crippen LogP contribution in [-0.2, 0) is 4.79 Å². The number of halogens is 1. The molecule has 0 N–H and O–H groups in total. The number of hydrogen-bond donors (Lipinski definition) is 0. The van der Waals surface area contributed by atoms with E-state index in [1.807, 2.05) is 37.4 Å². The normalized spacial score (nSPS) is 17.3. The first kappa shape index (κ1) is 12.4. The van der Waals surface area contributed by atoms with Crippen LogP contribution in [0, 0.1) is 5.92 Å². The molecule has 92 valence electrons. The molecule has 0 saturated heterocycles. The first-order chi connectivity index (χ1) is 8.18. The molecule has 3 heteroatoms. The van der Waals surface area contributed by atoms with Gasteiger partial charge >= 0.3 is 0 Å². The van der Waals surface area contributed by atoms with E-state index in [9.17, 15) is 4.79 Å². The van der Waals surface area contributed by atoms with E-state index in [0.29, 0.717) is 5.92 Å². The Morgan fingerprint density at radius 3 is 2.59 bits per heavy atom. The van der Waals surface area contributed by atoms with Crippen molar-refractivity contribution in [3.63, 3.8) is 0 Å². The van der Waals surface area contributed by atoms with Crippen molar-refractivity contribution < 1.29 is 4.79 Å². The molecular weight excluding hydrogens is 234 g/mol. The summed E-state index contributed by atoms with van der Waals surface area (Å²) in [6.45, 7) is 0.842. The molecule has 1 aliphatic carbocycles. The third kappa shape index (κ3) is 3.01. The topological polar surface area (TPSA) is 20.3 Å². The third-order valence-corrected chi connectivity index (χ3v) is 3.88. The summed E-state index contributed by atoms with van der Waals surface area (Å²) in [4.78, 5) is 13.9. The summed E-state index contributed by atoms with van der Waals surface area (Å²) in [5.41, 5.74) is 0.875. The second kappa shape index (κ2) is 5.54. The highest BCUT2D eigenvalue weighted by atomic mass is 35.5. The van der Waals surface area contributed by atoms with Gasteiger partial charge in [-0.05, 0) is 24.3 Å². The van der Waals surface area contributed by atoms with Crippen molar-refractivity contribution in [3.8, 4) is 0 Å². The zero-order chi connectivity index (χ0) is 12.3. The number of alkyl halides is 1. The molecule has 1 aliphatic rings. The molecule has 0 bridgehead atoms. The summed E-state index contributed by atoms with van der Waals surface area (Å²) >= 11 is 6.20. The van der Waals surface area contributed by atoms with Crippen molar-refractivity contribution in [2.45, 2.75) is 24.6 Å².